The number of rotatable bonds is 7. The summed E-state index contributed by atoms with van der Waals surface area (Å²) in [5.74, 6) is -1.06. The van der Waals surface area contributed by atoms with Crippen molar-refractivity contribution < 1.29 is 18.7 Å². The Labute approximate surface area is 194 Å². The maximum absolute atomic E-state index is 14.3. The maximum Gasteiger partial charge on any atom is 0.246 e. The van der Waals surface area contributed by atoms with Crippen molar-refractivity contribution in [3.63, 3.8) is 0 Å². The van der Waals surface area contributed by atoms with Crippen molar-refractivity contribution in [2.45, 2.75) is 0 Å². The Hall–Kier alpha value is -3.42. The van der Waals surface area contributed by atoms with Crippen LogP contribution in [0.4, 0.5) is 10.1 Å². The van der Waals surface area contributed by atoms with E-state index in [4.69, 9.17) is 27.9 Å². The van der Waals surface area contributed by atoms with E-state index < -0.39 is 17.6 Å². The van der Waals surface area contributed by atoms with Crippen LogP contribution in [0.25, 0.3) is 6.08 Å². The number of hydrogen-bond acceptors (Lipinski definition) is 4. The van der Waals surface area contributed by atoms with Crippen LogP contribution in [-0.4, -0.2) is 35.3 Å². The lowest BCUT2D eigenvalue weighted by molar-refractivity contribution is -0.129. The lowest BCUT2D eigenvalue weighted by Gasteiger charge is -2.16. The molecule has 3 aromatic rings. The van der Waals surface area contributed by atoms with Gasteiger partial charge in [-0.25, -0.2) is 4.39 Å². The van der Waals surface area contributed by atoms with Gasteiger partial charge in [-0.2, -0.15) is 0 Å². The summed E-state index contributed by atoms with van der Waals surface area (Å²) in [6.07, 6.45) is 5.74. The molecule has 2 aromatic carbocycles. The normalized spacial score (nSPS) is 10.8. The van der Waals surface area contributed by atoms with Gasteiger partial charge in [0.15, 0.2) is 11.6 Å². The first-order valence-corrected chi connectivity index (χ1v) is 10.1. The summed E-state index contributed by atoms with van der Waals surface area (Å²) >= 11 is 12.1. The molecule has 32 heavy (non-hydrogen) atoms. The fourth-order valence-electron chi connectivity index (χ4n) is 2.62. The molecule has 1 heterocycles. The number of para-hydroxylation sites is 1. The second-order valence-electron chi connectivity index (χ2n) is 6.65. The van der Waals surface area contributed by atoms with Crippen LogP contribution in [0.5, 0.6) is 11.5 Å². The molecule has 0 bridgehead atoms. The van der Waals surface area contributed by atoms with Crippen molar-refractivity contribution in [3.8, 4) is 11.5 Å². The van der Waals surface area contributed by atoms with E-state index in [1.54, 1.807) is 42.6 Å². The van der Waals surface area contributed by atoms with Crippen molar-refractivity contribution in [1.82, 2.24) is 9.88 Å². The highest BCUT2D eigenvalue weighted by Gasteiger charge is 2.14. The summed E-state index contributed by atoms with van der Waals surface area (Å²) in [6.45, 7) is -0.225. The van der Waals surface area contributed by atoms with Crippen LogP contribution >= 0.6 is 23.2 Å². The number of likely N-dealkylation sites (N-methyl/N-ethyl adjacent to an activating group) is 1. The lowest BCUT2D eigenvalue weighted by Crippen LogP contribution is -2.34. The quantitative estimate of drug-likeness (QED) is 0.464. The molecule has 0 radical (unpaired) electrons. The van der Waals surface area contributed by atoms with E-state index in [0.29, 0.717) is 11.3 Å². The number of pyridine rings is 1. The van der Waals surface area contributed by atoms with E-state index in [1.165, 1.54) is 42.4 Å². The molecule has 2 amide bonds. The van der Waals surface area contributed by atoms with Gasteiger partial charge in [-0.05, 0) is 48.0 Å². The second kappa shape index (κ2) is 10.7. The smallest absolute Gasteiger partial charge is 0.246 e. The third-order valence-electron chi connectivity index (χ3n) is 4.22. The molecule has 0 atom stereocenters. The van der Waals surface area contributed by atoms with E-state index in [1.807, 2.05) is 0 Å². The molecule has 1 aromatic heterocycles. The highest BCUT2D eigenvalue weighted by atomic mass is 35.5. The maximum atomic E-state index is 14.3. The van der Waals surface area contributed by atoms with E-state index >= 15 is 0 Å². The van der Waals surface area contributed by atoms with Crippen LogP contribution in [0, 0.1) is 5.82 Å². The average Bonchev–Trinajstić information content (AvgIpc) is 2.77. The third kappa shape index (κ3) is 6.29. The van der Waals surface area contributed by atoms with Crippen LogP contribution in [0.2, 0.25) is 10.0 Å². The molecule has 0 saturated carbocycles. The van der Waals surface area contributed by atoms with Gasteiger partial charge < -0.3 is 15.0 Å². The number of aromatic nitrogens is 1. The van der Waals surface area contributed by atoms with E-state index in [-0.39, 0.29) is 28.0 Å². The van der Waals surface area contributed by atoms with Crippen LogP contribution in [0.15, 0.2) is 67.0 Å². The summed E-state index contributed by atoms with van der Waals surface area (Å²) in [5, 5.41) is 3.16. The Balaban J connectivity index is 1.58. The van der Waals surface area contributed by atoms with E-state index in [0.717, 1.165) is 0 Å². The van der Waals surface area contributed by atoms with Crippen molar-refractivity contribution in [1.29, 1.82) is 0 Å². The van der Waals surface area contributed by atoms with Crippen molar-refractivity contribution in [2.24, 2.45) is 0 Å². The van der Waals surface area contributed by atoms with Gasteiger partial charge in [-0.3, -0.25) is 14.6 Å². The third-order valence-corrected chi connectivity index (χ3v) is 4.85. The van der Waals surface area contributed by atoms with E-state index in [2.05, 4.69) is 10.3 Å². The van der Waals surface area contributed by atoms with Gasteiger partial charge in [0.1, 0.15) is 5.75 Å². The molecule has 0 unspecified atom stereocenters. The molecule has 0 fully saturated rings. The number of benzene rings is 2. The van der Waals surface area contributed by atoms with Gasteiger partial charge in [-0.15, -0.1) is 0 Å². The number of anilines is 1. The Kier molecular flexibility index (Phi) is 7.81. The van der Waals surface area contributed by atoms with Crippen molar-refractivity contribution in [2.75, 3.05) is 18.9 Å². The van der Waals surface area contributed by atoms with Crippen molar-refractivity contribution >= 4 is 46.8 Å². The summed E-state index contributed by atoms with van der Waals surface area (Å²) in [4.78, 5) is 29.6. The van der Waals surface area contributed by atoms with Crippen LogP contribution < -0.4 is 10.1 Å². The largest absolute Gasteiger partial charge is 0.453 e. The Morgan fingerprint density at radius 2 is 1.91 bits per heavy atom. The minimum atomic E-state index is -0.590. The summed E-state index contributed by atoms with van der Waals surface area (Å²) in [7, 11) is 1.46. The van der Waals surface area contributed by atoms with Gasteiger partial charge >= 0.3 is 0 Å². The zero-order valence-corrected chi connectivity index (χ0v) is 18.4. The van der Waals surface area contributed by atoms with Gasteiger partial charge in [0, 0.05) is 19.3 Å². The molecule has 0 aliphatic heterocycles. The predicted molar refractivity (Wildman–Crippen MR) is 122 cm³/mol. The van der Waals surface area contributed by atoms with Crippen LogP contribution in [0.3, 0.4) is 0 Å². The molecule has 0 spiro atoms. The van der Waals surface area contributed by atoms with Gasteiger partial charge in [0.05, 0.1) is 28.5 Å². The van der Waals surface area contributed by atoms with Gasteiger partial charge in [0.25, 0.3) is 0 Å². The summed E-state index contributed by atoms with van der Waals surface area (Å²) in [5.41, 5.74) is 0.733. The number of carbonyl (C=O) groups excluding carboxylic acids is 2. The first-order valence-electron chi connectivity index (χ1n) is 9.38. The number of carbonyl (C=O) groups is 2. The Morgan fingerprint density at radius 3 is 2.56 bits per heavy atom. The zero-order chi connectivity index (χ0) is 23.1. The standard InChI is InChI=1S/C23H18Cl2FN3O3/c1-29(14-21(30)28-23-17(24)5-2-6-18(23)25)22(31)10-8-15-7-9-20(19(26)12-15)32-16-4-3-11-27-13-16/h2-13H,14H2,1H3,(H,28,30)/b10-8+. The molecule has 0 saturated heterocycles. The first-order chi connectivity index (χ1) is 15.3. The molecule has 9 heteroatoms. The SMILES string of the molecule is CN(CC(=O)Nc1c(Cl)cccc1Cl)C(=O)/C=C/c1ccc(Oc2cccnc2)c(F)c1. The van der Waals surface area contributed by atoms with Crippen LogP contribution in [-0.2, 0) is 9.59 Å². The molecule has 6 nitrogen and oxygen atoms in total. The zero-order valence-electron chi connectivity index (χ0n) is 16.9. The van der Waals surface area contributed by atoms with Gasteiger partial charge in [-0.1, -0.05) is 35.3 Å². The van der Waals surface area contributed by atoms with Crippen LogP contribution in [0.1, 0.15) is 5.56 Å². The topological polar surface area (TPSA) is 71.5 Å². The highest BCUT2D eigenvalue weighted by Crippen LogP contribution is 2.29. The Bertz CT molecular complexity index is 1140. The number of amides is 2. The van der Waals surface area contributed by atoms with E-state index in [9.17, 15) is 14.0 Å². The average molecular weight is 474 g/mol. The number of nitrogens with one attached hydrogen (secondary N) is 1. The number of ether oxygens (including phenoxy) is 1. The number of nitrogens with zero attached hydrogens (tertiary/aromatic N) is 2. The highest BCUT2D eigenvalue weighted by molar-refractivity contribution is 6.39. The number of hydrogen-bond donors (Lipinski definition) is 1. The molecule has 3 rings (SSSR count). The number of halogens is 3. The monoisotopic (exact) mass is 473 g/mol. The molecular weight excluding hydrogens is 456 g/mol. The molecule has 0 aliphatic rings. The van der Waals surface area contributed by atoms with Crippen molar-refractivity contribution in [3.05, 3.63) is 88.4 Å². The predicted octanol–water partition coefficient (Wildman–Crippen LogP) is 5.43. The minimum Gasteiger partial charge on any atom is -0.453 e. The Morgan fingerprint density at radius 1 is 1.16 bits per heavy atom. The van der Waals surface area contributed by atoms with Gasteiger partial charge in [0.2, 0.25) is 11.8 Å². The fourth-order valence-corrected chi connectivity index (χ4v) is 3.11. The summed E-state index contributed by atoms with van der Waals surface area (Å²) < 4.78 is 19.8. The fraction of sp³-hybridized carbons (Fsp3) is 0.0870. The summed E-state index contributed by atoms with van der Waals surface area (Å²) in [6, 6.07) is 12.5. The first kappa shape index (κ1) is 23.2. The molecular formula is C23H18Cl2FN3O3. The molecule has 164 valence electrons. The molecule has 1 N–H and O–H groups in total. The molecule has 0 aliphatic carbocycles. The lowest BCUT2D eigenvalue weighted by atomic mass is 10.2. The minimum absolute atomic E-state index is 0.0356. The second-order valence-corrected chi connectivity index (χ2v) is 7.47.